The molecule has 8 heteroatoms. The standard InChI is InChI=1S/C19H33N2O5P/c1-9-19(5,6)25-14(22)12-21-13(10-11-27(7)8)15(16(21)23)20-17(24)26-18(2,3)4/h13,15H,7,9-12H2,1-6,8H3/p+1. The first-order chi connectivity index (χ1) is 12.3. The topological polar surface area (TPSA) is 84.9 Å². The highest BCUT2D eigenvalue weighted by Crippen LogP contribution is 2.28. The minimum Gasteiger partial charge on any atom is -0.458 e. The van der Waals surface area contributed by atoms with Crippen LogP contribution in [0.4, 0.5) is 4.79 Å². The molecule has 0 aromatic carbocycles. The normalized spacial score (nSPS) is 20.6. The molecule has 3 unspecified atom stereocenters. The van der Waals surface area contributed by atoms with Crippen LogP contribution < -0.4 is 5.32 Å². The van der Waals surface area contributed by atoms with Crippen LogP contribution in [-0.4, -0.2) is 71.8 Å². The number of ether oxygens (including phenoxy) is 2. The first kappa shape index (κ1) is 23.4. The van der Waals surface area contributed by atoms with Crippen LogP contribution in [0.1, 0.15) is 54.4 Å². The van der Waals surface area contributed by atoms with Crippen LogP contribution in [0.2, 0.25) is 0 Å². The van der Waals surface area contributed by atoms with E-state index in [2.05, 4.69) is 18.3 Å². The third-order valence-electron chi connectivity index (χ3n) is 4.35. The summed E-state index contributed by atoms with van der Waals surface area (Å²) < 4.78 is 10.7. The van der Waals surface area contributed by atoms with Gasteiger partial charge >= 0.3 is 12.1 Å². The van der Waals surface area contributed by atoms with Crippen LogP contribution in [0.5, 0.6) is 0 Å². The highest BCUT2D eigenvalue weighted by molar-refractivity contribution is 7.54. The van der Waals surface area contributed by atoms with Crippen molar-refractivity contribution in [3.63, 3.8) is 0 Å². The average Bonchev–Trinajstić information content (AvgIpc) is 2.50. The van der Waals surface area contributed by atoms with Crippen LogP contribution in [0.15, 0.2) is 0 Å². The van der Waals surface area contributed by atoms with Gasteiger partial charge in [0.1, 0.15) is 30.0 Å². The number of hydrogen-bond acceptors (Lipinski definition) is 5. The lowest BCUT2D eigenvalue weighted by molar-refractivity contribution is -0.168. The Morgan fingerprint density at radius 1 is 1.22 bits per heavy atom. The number of nitrogens with one attached hydrogen (secondary N) is 1. The molecular weight excluding hydrogens is 367 g/mol. The lowest BCUT2D eigenvalue weighted by atomic mass is 9.92. The molecule has 0 spiro atoms. The molecule has 0 aromatic heterocycles. The molecule has 1 fully saturated rings. The average molecular weight is 401 g/mol. The Balaban J connectivity index is 2.77. The second-order valence-corrected chi connectivity index (χ2v) is 10.8. The van der Waals surface area contributed by atoms with E-state index in [0.29, 0.717) is 12.8 Å². The van der Waals surface area contributed by atoms with E-state index in [-0.39, 0.29) is 18.5 Å². The number of alkyl carbamates (subject to hydrolysis) is 1. The Hall–Kier alpha value is -1.62. The molecule has 27 heavy (non-hydrogen) atoms. The van der Waals surface area contributed by atoms with Gasteiger partial charge in [0.15, 0.2) is 0 Å². The number of hydrogen-bond donors (Lipinski definition) is 1. The maximum atomic E-state index is 12.5. The molecule has 1 rings (SSSR count). The molecule has 0 aliphatic carbocycles. The summed E-state index contributed by atoms with van der Waals surface area (Å²) in [6.45, 7) is 12.8. The first-order valence-corrected chi connectivity index (χ1v) is 11.4. The van der Waals surface area contributed by atoms with Crippen molar-refractivity contribution in [2.45, 2.75) is 77.7 Å². The van der Waals surface area contributed by atoms with E-state index in [4.69, 9.17) is 9.47 Å². The van der Waals surface area contributed by atoms with E-state index in [1.807, 2.05) is 20.8 Å². The maximum absolute atomic E-state index is 12.5. The fraction of sp³-hybridized carbons (Fsp3) is 0.789. The molecule has 0 radical (unpaired) electrons. The van der Waals surface area contributed by atoms with Crippen LogP contribution in [0.3, 0.4) is 0 Å². The molecule has 154 valence electrons. The third-order valence-corrected chi connectivity index (χ3v) is 5.38. The molecular formula is C19H34N2O5P+. The van der Waals surface area contributed by atoms with Crippen molar-refractivity contribution in [2.75, 3.05) is 19.4 Å². The Bertz CT molecular complexity index is 597. The molecule has 2 amide bonds. The van der Waals surface area contributed by atoms with E-state index in [9.17, 15) is 14.4 Å². The van der Waals surface area contributed by atoms with Crippen molar-refractivity contribution in [1.29, 1.82) is 0 Å². The van der Waals surface area contributed by atoms with Crippen molar-refractivity contribution < 1.29 is 23.9 Å². The second-order valence-electron chi connectivity index (χ2n) is 8.61. The molecule has 0 aromatic rings. The minimum absolute atomic E-state index is 0.113. The van der Waals surface area contributed by atoms with Crippen molar-refractivity contribution in [1.82, 2.24) is 10.2 Å². The van der Waals surface area contributed by atoms with Crippen LogP contribution >= 0.6 is 7.55 Å². The zero-order chi connectivity index (χ0) is 21.0. The van der Waals surface area contributed by atoms with Crippen molar-refractivity contribution in [2.24, 2.45) is 0 Å². The van der Waals surface area contributed by atoms with Gasteiger partial charge in [-0.15, -0.1) is 0 Å². The predicted molar refractivity (Wildman–Crippen MR) is 109 cm³/mol. The number of rotatable bonds is 8. The van der Waals surface area contributed by atoms with Crippen molar-refractivity contribution in [3.05, 3.63) is 0 Å². The smallest absolute Gasteiger partial charge is 0.408 e. The fourth-order valence-corrected chi connectivity index (χ4v) is 3.32. The number of β-lactam (4-membered cyclic amide) rings is 1. The highest BCUT2D eigenvalue weighted by Gasteiger charge is 2.49. The van der Waals surface area contributed by atoms with Crippen LogP contribution in [0.25, 0.3) is 0 Å². The minimum atomic E-state index is -0.679. The summed E-state index contributed by atoms with van der Waals surface area (Å²) in [6.07, 6.45) is 5.58. The third kappa shape index (κ3) is 7.49. The monoisotopic (exact) mass is 401 g/mol. The summed E-state index contributed by atoms with van der Waals surface area (Å²) in [5, 5.41) is 2.64. The Labute approximate surface area is 163 Å². The molecule has 0 bridgehead atoms. The van der Waals surface area contributed by atoms with Gasteiger partial charge < -0.3 is 19.7 Å². The molecule has 1 N–H and O–H groups in total. The zero-order valence-corrected chi connectivity index (χ0v) is 18.5. The molecule has 1 aliphatic heterocycles. The van der Waals surface area contributed by atoms with Gasteiger partial charge in [0.05, 0.1) is 26.6 Å². The summed E-state index contributed by atoms with van der Waals surface area (Å²) in [7, 11) is -0.393. The molecule has 1 saturated heterocycles. The summed E-state index contributed by atoms with van der Waals surface area (Å²) in [6, 6.07) is -0.934. The number of carbonyl (C=O) groups excluding carboxylic acids is 3. The van der Waals surface area contributed by atoms with E-state index in [1.54, 1.807) is 20.8 Å². The van der Waals surface area contributed by atoms with Gasteiger partial charge in [0.2, 0.25) is 5.91 Å². The van der Waals surface area contributed by atoms with Crippen molar-refractivity contribution >= 4 is 31.8 Å². The molecule has 1 aliphatic rings. The number of esters is 1. The highest BCUT2D eigenvalue weighted by atomic mass is 31.1. The Morgan fingerprint density at radius 2 is 1.81 bits per heavy atom. The van der Waals surface area contributed by atoms with Gasteiger partial charge in [-0.2, -0.15) is 0 Å². The second kappa shape index (κ2) is 9.05. The fourth-order valence-electron chi connectivity index (χ4n) is 2.62. The SMILES string of the molecule is C=[P+](C)CCC1C(NC(=O)OC(C)(C)C)C(=O)N1CC(=O)OC(C)(C)CC. The lowest BCUT2D eigenvalue weighted by Gasteiger charge is -2.46. The van der Waals surface area contributed by atoms with Gasteiger partial charge in [-0.3, -0.25) is 9.59 Å². The van der Waals surface area contributed by atoms with Gasteiger partial charge in [0.25, 0.3) is 0 Å². The van der Waals surface area contributed by atoms with E-state index in [1.165, 1.54) is 4.90 Å². The van der Waals surface area contributed by atoms with Crippen LogP contribution in [-0.2, 0) is 19.1 Å². The lowest BCUT2D eigenvalue weighted by Crippen LogP contribution is -2.71. The number of carbonyl (C=O) groups is 3. The number of amides is 2. The van der Waals surface area contributed by atoms with Gasteiger partial charge in [0, 0.05) is 6.42 Å². The maximum Gasteiger partial charge on any atom is 0.408 e. The van der Waals surface area contributed by atoms with Crippen molar-refractivity contribution in [3.8, 4) is 0 Å². The molecule has 7 nitrogen and oxygen atoms in total. The molecule has 0 saturated carbocycles. The quantitative estimate of drug-likeness (QED) is 0.384. The summed E-state index contributed by atoms with van der Waals surface area (Å²) in [5.74, 6) is -0.731. The predicted octanol–water partition coefficient (Wildman–Crippen LogP) is 2.76. The summed E-state index contributed by atoms with van der Waals surface area (Å²) in [4.78, 5) is 38.3. The Morgan fingerprint density at radius 3 is 2.30 bits per heavy atom. The van der Waals surface area contributed by atoms with E-state index >= 15 is 0 Å². The largest absolute Gasteiger partial charge is 0.458 e. The number of nitrogens with zero attached hydrogens (tertiary/aromatic N) is 1. The summed E-state index contributed by atoms with van der Waals surface area (Å²) >= 11 is 0. The van der Waals surface area contributed by atoms with E-state index in [0.717, 1.165) is 6.16 Å². The van der Waals surface area contributed by atoms with Crippen LogP contribution in [0, 0.1) is 0 Å². The first-order valence-electron chi connectivity index (χ1n) is 9.29. The molecule has 3 atom stereocenters. The number of likely N-dealkylation sites (tertiary alicyclic amines) is 1. The van der Waals surface area contributed by atoms with Gasteiger partial charge in [-0.25, -0.2) is 4.79 Å². The van der Waals surface area contributed by atoms with Gasteiger partial charge in [-0.1, -0.05) is 6.92 Å². The zero-order valence-electron chi connectivity index (χ0n) is 17.6. The molecule has 1 heterocycles. The van der Waals surface area contributed by atoms with E-state index < -0.39 is 36.9 Å². The Kier molecular flexibility index (Phi) is 7.85. The summed E-state index contributed by atoms with van der Waals surface area (Å²) in [5.41, 5.74) is -1.22. The van der Waals surface area contributed by atoms with Gasteiger partial charge in [-0.05, 0) is 41.0 Å².